The fraction of sp³-hybridized carbons (Fsp3) is 0.292. The molecule has 1 aliphatic heterocycles. The normalized spacial score (nSPS) is 15.6. The second kappa shape index (κ2) is 8.98. The molecule has 2 aromatic carbocycles. The summed E-state index contributed by atoms with van der Waals surface area (Å²) < 4.78 is 1.86. The number of nitrogens with one attached hydrogen (secondary N) is 2. The number of aromatic nitrogens is 3. The number of rotatable bonds is 6. The Labute approximate surface area is 187 Å². The highest BCUT2D eigenvalue weighted by atomic mass is 32.2. The molecule has 160 valence electrons. The Morgan fingerprint density at radius 2 is 1.84 bits per heavy atom. The molecule has 0 saturated heterocycles. The molecule has 4 rings (SSSR count). The molecule has 2 N–H and O–H groups in total. The maximum absolute atomic E-state index is 13.2. The summed E-state index contributed by atoms with van der Waals surface area (Å²) in [4.78, 5) is 17.9. The summed E-state index contributed by atoms with van der Waals surface area (Å²) in [5, 5.41) is 11.8. The summed E-state index contributed by atoms with van der Waals surface area (Å²) >= 11 is 1.61. The van der Waals surface area contributed by atoms with E-state index in [1.165, 1.54) is 11.1 Å². The number of carbonyl (C=O) groups is 1. The lowest BCUT2D eigenvalue weighted by Gasteiger charge is -2.30. The van der Waals surface area contributed by atoms with Gasteiger partial charge in [0.1, 0.15) is 0 Å². The Balaban J connectivity index is 1.58. The van der Waals surface area contributed by atoms with Crippen LogP contribution in [0.25, 0.3) is 0 Å². The molecule has 0 radical (unpaired) electrons. The van der Waals surface area contributed by atoms with Crippen LogP contribution in [-0.2, 0) is 10.5 Å². The van der Waals surface area contributed by atoms with Crippen molar-refractivity contribution in [2.75, 3.05) is 10.6 Å². The van der Waals surface area contributed by atoms with Gasteiger partial charge in [0.15, 0.2) is 0 Å². The summed E-state index contributed by atoms with van der Waals surface area (Å²) in [6, 6.07) is 17.7. The van der Waals surface area contributed by atoms with Crippen molar-refractivity contribution in [2.24, 2.45) is 5.92 Å². The van der Waals surface area contributed by atoms with E-state index in [1.54, 1.807) is 11.8 Å². The zero-order valence-electron chi connectivity index (χ0n) is 18.2. The average Bonchev–Trinajstić information content (AvgIpc) is 3.14. The number of allylic oxidation sites excluding steroid dienone is 1. The third kappa shape index (κ3) is 4.51. The largest absolute Gasteiger partial charge is 0.328 e. The van der Waals surface area contributed by atoms with E-state index in [0.29, 0.717) is 16.7 Å². The number of hydrogen-bond donors (Lipinski definition) is 2. The SMILES string of the molecule is CC1=C(C(=O)Nc2ccccc2)[C@@H](C(C)C)n2nc(SCc3ccccc3C)nc2N1. The van der Waals surface area contributed by atoms with Crippen LogP contribution in [0.3, 0.4) is 0 Å². The minimum absolute atomic E-state index is 0.120. The molecule has 0 bridgehead atoms. The highest BCUT2D eigenvalue weighted by Gasteiger charge is 2.35. The van der Waals surface area contributed by atoms with Gasteiger partial charge in [-0.25, -0.2) is 4.68 Å². The highest BCUT2D eigenvalue weighted by Crippen LogP contribution is 2.37. The molecule has 1 aliphatic rings. The molecule has 0 aliphatic carbocycles. The summed E-state index contributed by atoms with van der Waals surface area (Å²) in [6.07, 6.45) is 0. The van der Waals surface area contributed by atoms with Gasteiger partial charge in [0.2, 0.25) is 11.1 Å². The third-order valence-electron chi connectivity index (χ3n) is 5.40. The van der Waals surface area contributed by atoms with Crippen LogP contribution < -0.4 is 10.6 Å². The monoisotopic (exact) mass is 433 g/mol. The molecule has 2 heterocycles. The standard InChI is InChI=1S/C24H27N5OS/c1-15(2)21-20(22(30)26-19-12-6-5-7-13-19)17(4)25-23-27-24(28-29(21)23)31-14-18-11-9-8-10-16(18)3/h5-13,15,21H,14H2,1-4H3,(H,26,30)(H,25,27,28)/t21-/m1/s1. The van der Waals surface area contributed by atoms with Gasteiger partial charge in [-0.3, -0.25) is 4.79 Å². The molecule has 0 saturated carbocycles. The number of anilines is 2. The van der Waals surface area contributed by atoms with Crippen LogP contribution >= 0.6 is 11.8 Å². The minimum Gasteiger partial charge on any atom is -0.328 e. The lowest BCUT2D eigenvalue weighted by atomic mass is 9.92. The first-order valence-electron chi connectivity index (χ1n) is 10.4. The Kier molecular flexibility index (Phi) is 6.13. The average molecular weight is 434 g/mol. The predicted molar refractivity (Wildman–Crippen MR) is 126 cm³/mol. The van der Waals surface area contributed by atoms with Crippen molar-refractivity contribution in [1.29, 1.82) is 0 Å². The number of hydrogen-bond acceptors (Lipinski definition) is 5. The van der Waals surface area contributed by atoms with E-state index in [4.69, 9.17) is 10.1 Å². The van der Waals surface area contributed by atoms with Crippen molar-refractivity contribution in [1.82, 2.24) is 14.8 Å². The Morgan fingerprint density at radius 3 is 2.55 bits per heavy atom. The molecular formula is C24H27N5OS. The quantitative estimate of drug-likeness (QED) is 0.508. The third-order valence-corrected chi connectivity index (χ3v) is 6.29. The van der Waals surface area contributed by atoms with Crippen LogP contribution in [0.5, 0.6) is 0 Å². The summed E-state index contributed by atoms with van der Waals surface area (Å²) in [5.74, 6) is 1.53. The second-order valence-electron chi connectivity index (χ2n) is 8.05. The Bertz CT molecular complexity index is 1120. The Morgan fingerprint density at radius 1 is 1.13 bits per heavy atom. The van der Waals surface area contributed by atoms with Crippen LogP contribution in [0, 0.1) is 12.8 Å². The summed E-state index contributed by atoms with van der Waals surface area (Å²) in [5.41, 5.74) is 4.80. The van der Waals surface area contributed by atoms with Crippen molar-refractivity contribution >= 4 is 29.3 Å². The molecule has 1 atom stereocenters. The van der Waals surface area contributed by atoms with Crippen LogP contribution in [0.15, 0.2) is 71.0 Å². The van der Waals surface area contributed by atoms with Gasteiger partial charge >= 0.3 is 0 Å². The van der Waals surface area contributed by atoms with Crippen molar-refractivity contribution in [2.45, 2.75) is 44.6 Å². The molecule has 6 nitrogen and oxygen atoms in total. The van der Waals surface area contributed by atoms with Crippen LogP contribution in [0.2, 0.25) is 0 Å². The predicted octanol–water partition coefficient (Wildman–Crippen LogP) is 5.41. The van der Waals surface area contributed by atoms with E-state index in [1.807, 2.05) is 48.0 Å². The summed E-state index contributed by atoms with van der Waals surface area (Å²) in [6.45, 7) is 8.24. The lowest BCUT2D eigenvalue weighted by molar-refractivity contribution is -0.113. The van der Waals surface area contributed by atoms with E-state index >= 15 is 0 Å². The van der Waals surface area contributed by atoms with Gasteiger partial charge in [0, 0.05) is 17.1 Å². The van der Waals surface area contributed by atoms with Gasteiger partial charge < -0.3 is 10.6 Å². The Hall–Kier alpha value is -3.06. The fourth-order valence-electron chi connectivity index (χ4n) is 3.78. The minimum atomic E-state index is -0.194. The number of amides is 1. The number of benzene rings is 2. The van der Waals surface area contributed by atoms with Gasteiger partial charge in [-0.1, -0.05) is 68.1 Å². The summed E-state index contributed by atoms with van der Waals surface area (Å²) in [7, 11) is 0. The van der Waals surface area contributed by atoms with Gasteiger partial charge in [0.25, 0.3) is 5.91 Å². The molecule has 31 heavy (non-hydrogen) atoms. The number of nitrogens with zero attached hydrogens (tertiary/aromatic N) is 3. The van der Waals surface area contributed by atoms with Crippen molar-refractivity contribution in [3.05, 3.63) is 77.0 Å². The molecule has 3 aromatic rings. The zero-order chi connectivity index (χ0) is 22.0. The lowest BCUT2D eigenvalue weighted by Crippen LogP contribution is -2.33. The molecule has 1 amide bonds. The first kappa shape index (κ1) is 21.2. The van der Waals surface area contributed by atoms with Gasteiger partial charge in [-0.2, -0.15) is 4.98 Å². The van der Waals surface area contributed by atoms with Crippen molar-refractivity contribution in [3.63, 3.8) is 0 Å². The van der Waals surface area contributed by atoms with Crippen molar-refractivity contribution in [3.8, 4) is 0 Å². The molecule has 1 aromatic heterocycles. The molecule has 0 spiro atoms. The van der Waals surface area contributed by atoms with Crippen LogP contribution in [0.4, 0.5) is 11.6 Å². The van der Waals surface area contributed by atoms with Gasteiger partial charge in [-0.05, 0) is 43.0 Å². The number of aryl methyl sites for hydroxylation is 1. The van der Waals surface area contributed by atoms with E-state index in [0.717, 1.165) is 17.1 Å². The van der Waals surface area contributed by atoms with Gasteiger partial charge in [0.05, 0.1) is 11.6 Å². The second-order valence-corrected chi connectivity index (χ2v) is 8.99. The number of para-hydroxylation sites is 1. The van der Waals surface area contributed by atoms with Gasteiger partial charge in [-0.15, -0.1) is 5.10 Å². The smallest absolute Gasteiger partial charge is 0.255 e. The number of carbonyl (C=O) groups excluding carboxylic acids is 1. The topological polar surface area (TPSA) is 71.8 Å². The van der Waals surface area contributed by atoms with E-state index in [-0.39, 0.29) is 17.9 Å². The van der Waals surface area contributed by atoms with Crippen LogP contribution in [-0.4, -0.2) is 20.7 Å². The van der Waals surface area contributed by atoms with Crippen molar-refractivity contribution < 1.29 is 4.79 Å². The zero-order valence-corrected chi connectivity index (χ0v) is 19.0. The van der Waals surface area contributed by atoms with E-state index in [9.17, 15) is 4.79 Å². The highest BCUT2D eigenvalue weighted by molar-refractivity contribution is 7.98. The number of thioether (sulfide) groups is 1. The molecular weight excluding hydrogens is 406 g/mol. The van der Waals surface area contributed by atoms with E-state index in [2.05, 4.69) is 49.6 Å². The van der Waals surface area contributed by atoms with E-state index < -0.39 is 0 Å². The molecule has 0 fully saturated rings. The van der Waals surface area contributed by atoms with Crippen LogP contribution in [0.1, 0.15) is 37.9 Å². The maximum Gasteiger partial charge on any atom is 0.255 e. The number of fused-ring (bicyclic) bond motifs is 1. The molecule has 7 heteroatoms. The first-order chi connectivity index (χ1) is 14.9. The maximum atomic E-state index is 13.2. The fourth-order valence-corrected chi connectivity index (χ4v) is 4.68. The first-order valence-corrected chi connectivity index (χ1v) is 11.4. The molecule has 0 unspecified atom stereocenters.